The standard InChI is InChI=1S/C30H31N7/c1-3-9-22(10-4-1)17-20-28-31-29(37(34-28)25-11-5-2-6-12-25)21-23-15-18-24(19-16-23)26-13-7-8-14-27(26)30-32-35-36-33-30/h1,3-4,7-10,13-16,18-19,25H,2,5-6,11-12,17,20-21H2,(H,32,33,35,36). The first-order chi connectivity index (χ1) is 18.3. The molecule has 5 aromatic rings. The average Bonchev–Trinajstić information content (AvgIpc) is 3.64. The molecule has 37 heavy (non-hydrogen) atoms. The van der Waals surface area contributed by atoms with Crippen molar-refractivity contribution in [1.29, 1.82) is 0 Å². The minimum atomic E-state index is 0.461. The second-order valence-corrected chi connectivity index (χ2v) is 9.82. The Morgan fingerprint density at radius 1 is 0.757 bits per heavy atom. The second kappa shape index (κ2) is 10.9. The first-order valence-electron chi connectivity index (χ1n) is 13.2. The van der Waals surface area contributed by atoms with Gasteiger partial charge in [-0.2, -0.15) is 10.3 Å². The Bertz CT molecular complexity index is 1420. The number of aromatic amines is 1. The molecule has 0 amide bonds. The lowest BCUT2D eigenvalue weighted by Gasteiger charge is -2.23. The molecule has 0 spiro atoms. The van der Waals surface area contributed by atoms with Gasteiger partial charge < -0.3 is 0 Å². The van der Waals surface area contributed by atoms with E-state index >= 15 is 0 Å². The molecule has 2 heterocycles. The summed E-state index contributed by atoms with van der Waals surface area (Å²) in [7, 11) is 0. The van der Waals surface area contributed by atoms with E-state index in [1.807, 2.05) is 18.2 Å². The van der Waals surface area contributed by atoms with Crippen LogP contribution in [-0.4, -0.2) is 35.4 Å². The molecular formula is C30H31N7. The molecule has 7 nitrogen and oxygen atoms in total. The van der Waals surface area contributed by atoms with Crippen molar-refractivity contribution >= 4 is 0 Å². The number of tetrazole rings is 1. The molecule has 1 N–H and O–H groups in total. The highest BCUT2D eigenvalue weighted by Gasteiger charge is 2.21. The van der Waals surface area contributed by atoms with Crippen LogP contribution in [0.5, 0.6) is 0 Å². The molecule has 0 radical (unpaired) electrons. The predicted molar refractivity (Wildman–Crippen MR) is 144 cm³/mol. The molecule has 1 saturated carbocycles. The van der Waals surface area contributed by atoms with E-state index < -0.39 is 0 Å². The first kappa shape index (κ1) is 23.3. The van der Waals surface area contributed by atoms with Gasteiger partial charge in [-0.3, -0.25) is 0 Å². The molecule has 0 aliphatic heterocycles. The summed E-state index contributed by atoms with van der Waals surface area (Å²) in [4.78, 5) is 5.05. The second-order valence-electron chi connectivity index (χ2n) is 9.82. The van der Waals surface area contributed by atoms with Crippen LogP contribution in [0.3, 0.4) is 0 Å². The van der Waals surface area contributed by atoms with E-state index in [-0.39, 0.29) is 0 Å². The van der Waals surface area contributed by atoms with Crippen molar-refractivity contribution in [2.24, 2.45) is 0 Å². The van der Waals surface area contributed by atoms with Gasteiger partial charge in [0.2, 0.25) is 5.82 Å². The highest BCUT2D eigenvalue weighted by molar-refractivity contribution is 5.80. The van der Waals surface area contributed by atoms with Crippen LogP contribution in [0.4, 0.5) is 0 Å². The number of hydrogen-bond acceptors (Lipinski definition) is 5. The SMILES string of the molecule is c1ccc(CCc2nc(Cc3ccc(-c4ccccc4-c4nn[nH]n4)cc3)n(C3CCCCC3)n2)cc1. The third-order valence-electron chi connectivity index (χ3n) is 7.29. The van der Waals surface area contributed by atoms with Crippen LogP contribution >= 0.6 is 0 Å². The van der Waals surface area contributed by atoms with E-state index in [0.29, 0.717) is 11.9 Å². The van der Waals surface area contributed by atoms with Crippen LogP contribution in [0, 0.1) is 0 Å². The van der Waals surface area contributed by atoms with Crippen molar-refractivity contribution in [2.75, 3.05) is 0 Å². The third-order valence-corrected chi connectivity index (χ3v) is 7.29. The lowest BCUT2D eigenvalue weighted by atomic mass is 9.95. The number of aromatic nitrogens is 7. The lowest BCUT2D eigenvalue weighted by Crippen LogP contribution is -2.17. The van der Waals surface area contributed by atoms with E-state index in [0.717, 1.165) is 47.6 Å². The molecule has 0 unspecified atom stereocenters. The van der Waals surface area contributed by atoms with E-state index in [1.165, 1.54) is 43.2 Å². The fraction of sp³-hybridized carbons (Fsp3) is 0.300. The molecule has 0 atom stereocenters. The van der Waals surface area contributed by atoms with Gasteiger partial charge in [-0.25, -0.2) is 9.67 Å². The van der Waals surface area contributed by atoms with E-state index in [2.05, 4.69) is 86.0 Å². The molecule has 1 aliphatic carbocycles. The van der Waals surface area contributed by atoms with Gasteiger partial charge in [-0.15, -0.1) is 10.2 Å². The van der Waals surface area contributed by atoms with Crippen LogP contribution in [0.25, 0.3) is 22.5 Å². The Labute approximate surface area is 217 Å². The number of H-pyrrole nitrogens is 1. The van der Waals surface area contributed by atoms with Gasteiger partial charge >= 0.3 is 0 Å². The number of nitrogens with one attached hydrogen (secondary N) is 1. The topological polar surface area (TPSA) is 85.2 Å². The van der Waals surface area contributed by atoms with Crippen LogP contribution in [0.15, 0.2) is 78.9 Å². The highest BCUT2D eigenvalue weighted by atomic mass is 15.5. The summed E-state index contributed by atoms with van der Waals surface area (Å²) < 4.78 is 2.25. The summed E-state index contributed by atoms with van der Waals surface area (Å²) in [5, 5.41) is 19.6. The van der Waals surface area contributed by atoms with E-state index in [4.69, 9.17) is 10.1 Å². The van der Waals surface area contributed by atoms with Gasteiger partial charge in [0.1, 0.15) is 5.82 Å². The molecule has 0 bridgehead atoms. The molecule has 6 rings (SSSR count). The first-order valence-corrected chi connectivity index (χ1v) is 13.2. The van der Waals surface area contributed by atoms with Crippen molar-refractivity contribution < 1.29 is 0 Å². The van der Waals surface area contributed by atoms with Crippen molar-refractivity contribution in [3.63, 3.8) is 0 Å². The molecular weight excluding hydrogens is 458 g/mol. The fourth-order valence-electron chi connectivity index (χ4n) is 5.34. The smallest absolute Gasteiger partial charge is 0.205 e. The maximum absolute atomic E-state index is 5.05. The van der Waals surface area contributed by atoms with Gasteiger partial charge in [-0.05, 0) is 46.7 Å². The summed E-state index contributed by atoms with van der Waals surface area (Å²) in [6.45, 7) is 0. The van der Waals surface area contributed by atoms with Crippen LogP contribution in [0.2, 0.25) is 0 Å². The molecule has 2 aromatic heterocycles. The van der Waals surface area contributed by atoms with E-state index in [9.17, 15) is 0 Å². The summed E-state index contributed by atoms with van der Waals surface area (Å²) in [5.74, 6) is 2.63. The monoisotopic (exact) mass is 489 g/mol. The predicted octanol–water partition coefficient (Wildman–Crippen LogP) is 6.01. The normalized spacial score (nSPS) is 14.2. The zero-order valence-electron chi connectivity index (χ0n) is 20.9. The Hall–Kier alpha value is -4.13. The number of aryl methyl sites for hydroxylation is 2. The Kier molecular flexibility index (Phi) is 6.84. The zero-order valence-corrected chi connectivity index (χ0v) is 20.9. The van der Waals surface area contributed by atoms with Gasteiger partial charge in [0.25, 0.3) is 0 Å². The lowest BCUT2D eigenvalue weighted by molar-refractivity contribution is 0.321. The minimum Gasteiger partial charge on any atom is -0.246 e. The van der Waals surface area contributed by atoms with Crippen LogP contribution < -0.4 is 0 Å². The van der Waals surface area contributed by atoms with Crippen molar-refractivity contribution in [2.45, 2.75) is 57.4 Å². The third kappa shape index (κ3) is 5.35. The minimum absolute atomic E-state index is 0.461. The van der Waals surface area contributed by atoms with Crippen molar-refractivity contribution in [3.8, 4) is 22.5 Å². The average molecular weight is 490 g/mol. The zero-order chi connectivity index (χ0) is 24.9. The van der Waals surface area contributed by atoms with Crippen molar-refractivity contribution in [3.05, 3.63) is 102 Å². The van der Waals surface area contributed by atoms with Gasteiger partial charge in [-0.1, -0.05) is 98.1 Å². The maximum atomic E-state index is 5.05. The largest absolute Gasteiger partial charge is 0.246 e. The Morgan fingerprint density at radius 3 is 2.27 bits per heavy atom. The molecule has 7 heteroatoms. The molecule has 1 fully saturated rings. The van der Waals surface area contributed by atoms with Gasteiger partial charge in [0.15, 0.2) is 5.82 Å². The van der Waals surface area contributed by atoms with E-state index in [1.54, 1.807) is 0 Å². The molecule has 3 aromatic carbocycles. The van der Waals surface area contributed by atoms with Gasteiger partial charge in [0.05, 0.1) is 6.04 Å². The maximum Gasteiger partial charge on any atom is 0.205 e. The Morgan fingerprint density at radius 2 is 1.51 bits per heavy atom. The molecule has 186 valence electrons. The number of rotatable bonds is 8. The number of hydrogen-bond donors (Lipinski definition) is 1. The molecule has 1 aliphatic rings. The molecule has 0 saturated heterocycles. The van der Waals surface area contributed by atoms with Gasteiger partial charge in [0, 0.05) is 18.4 Å². The number of nitrogens with zero attached hydrogens (tertiary/aromatic N) is 6. The quantitative estimate of drug-likeness (QED) is 0.289. The Balaban J connectivity index is 1.24. The van der Waals surface area contributed by atoms with Crippen molar-refractivity contribution in [1.82, 2.24) is 35.4 Å². The van der Waals surface area contributed by atoms with Crippen LogP contribution in [0.1, 0.15) is 60.9 Å². The fourth-order valence-corrected chi connectivity index (χ4v) is 5.34. The summed E-state index contributed by atoms with van der Waals surface area (Å²) in [6.07, 6.45) is 8.87. The summed E-state index contributed by atoms with van der Waals surface area (Å²) in [5.41, 5.74) is 5.74. The summed E-state index contributed by atoms with van der Waals surface area (Å²) in [6, 6.07) is 28.0. The highest BCUT2D eigenvalue weighted by Crippen LogP contribution is 2.31. The summed E-state index contributed by atoms with van der Waals surface area (Å²) >= 11 is 0. The van der Waals surface area contributed by atoms with Crippen LogP contribution in [-0.2, 0) is 19.3 Å². The number of benzene rings is 3.